The fourth-order valence-corrected chi connectivity index (χ4v) is 4.01. The lowest BCUT2D eigenvalue weighted by atomic mass is 10.1. The van der Waals surface area contributed by atoms with E-state index in [9.17, 15) is 13.2 Å². The molecule has 0 aromatic heterocycles. The fourth-order valence-electron chi connectivity index (χ4n) is 2.72. The molecule has 2 unspecified atom stereocenters. The molecule has 0 saturated heterocycles. The van der Waals surface area contributed by atoms with Crippen molar-refractivity contribution in [3.63, 3.8) is 0 Å². The van der Waals surface area contributed by atoms with Gasteiger partial charge in [0, 0.05) is 6.04 Å². The summed E-state index contributed by atoms with van der Waals surface area (Å²) in [5, 5.41) is 8.95. The van der Waals surface area contributed by atoms with Crippen LogP contribution < -0.4 is 4.72 Å². The molecule has 2 atom stereocenters. The molecule has 6 heteroatoms. The summed E-state index contributed by atoms with van der Waals surface area (Å²) in [6.07, 6.45) is 3.41. The van der Waals surface area contributed by atoms with E-state index in [4.69, 9.17) is 5.11 Å². The number of carbonyl (C=O) groups is 1. The first-order valence-corrected chi connectivity index (χ1v) is 8.74. The van der Waals surface area contributed by atoms with Gasteiger partial charge < -0.3 is 5.11 Å². The van der Waals surface area contributed by atoms with Gasteiger partial charge in [0.1, 0.15) is 0 Å². The van der Waals surface area contributed by atoms with Crippen molar-refractivity contribution in [1.29, 1.82) is 0 Å². The van der Waals surface area contributed by atoms with E-state index in [2.05, 4.69) is 11.6 Å². The maximum absolute atomic E-state index is 12.3. The van der Waals surface area contributed by atoms with Gasteiger partial charge in [0.2, 0.25) is 10.0 Å². The number of sulfonamides is 1. The molecule has 0 bridgehead atoms. The average molecular weight is 311 g/mol. The Labute approximate surface area is 125 Å². The number of aliphatic carboxylic acids is 1. The monoisotopic (exact) mass is 311 g/mol. The summed E-state index contributed by atoms with van der Waals surface area (Å²) in [5.74, 6) is -1.29. The molecule has 1 aromatic rings. The van der Waals surface area contributed by atoms with E-state index in [0.717, 1.165) is 18.4 Å². The van der Waals surface area contributed by atoms with Gasteiger partial charge in [-0.2, -0.15) is 0 Å². The minimum atomic E-state index is -3.57. The maximum atomic E-state index is 12.3. The number of nitrogens with one attached hydrogen (secondary N) is 1. The van der Waals surface area contributed by atoms with Crippen molar-refractivity contribution in [2.45, 2.75) is 50.0 Å². The predicted molar refractivity (Wildman–Crippen MR) is 79.5 cm³/mol. The second-order valence-corrected chi connectivity index (χ2v) is 7.27. The van der Waals surface area contributed by atoms with Crippen LogP contribution in [-0.2, 0) is 21.2 Å². The first-order chi connectivity index (χ1) is 9.92. The Morgan fingerprint density at radius 3 is 2.48 bits per heavy atom. The lowest BCUT2D eigenvalue weighted by Gasteiger charge is -2.13. The third-order valence-electron chi connectivity index (χ3n) is 3.88. The van der Waals surface area contributed by atoms with Crippen molar-refractivity contribution in [2.75, 3.05) is 0 Å². The van der Waals surface area contributed by atoms with Gasteiger partial charge in [0.25, 0.3) is 0 Å². The highest BCUT2D eigenvalue weighted by atomic mass is 32.2. The lowest BCUT2D eigenvalue weighted by Crippen LogP contribution is -2.33. The number of carboxylic acid groups (broad SMARTS) is 1. The molecule has 21 heavy (non-hydrogen) atoms. The van der Waals surface area contributed by atoms with Gasteiger partial charge in [-0.1, -0.05) is 25.5 Å². The van der Waals surface area contributed by atoms with E-state index < -0.39 is 21.9 Å². The van der Waals surface area contributed by atoms with Gasteiger partial charge in [-0.15, -0.1) is 0 Å². The molecule has 1 saturated carbocycles. The molecule has 1 aliphatic rings. The summed E-state index contributed by atoms with van der Waals surface area (Å²) >= 11 is 0. The highest BCUT2D eigenvalue weighted by Gasteiger charge is 2.32. The Morgan fingerprint density at radius 1 is 1.29 bits per heavy atom. The molecule has 0 spiro atoms. The molecule has 1 fully saturated rings. The molecule has 1 aromatic carbocycles. The molecule has 116 valence electrons. The fraction of sp³-hybridized carbons (Fsp3) is 0.533. The molecule has 2 N–H and O–H groups in total. The minimum Gasteiger partial charge on any atom is -0.481 e. The van der Waals surface area contributed by atoms with E-state index in [-0.39, 0.29) is 10.9 Å². The SMILES string of the molecule is CCCc1ccc(S(=O)(=O)NC2CCC(C(=O)O)C2)cc1. The van der Waals surface area contributed by atoms with E-state index in [1.165, 1.54) is 0 Å². The average Bonchev–Trinajstić information content (AvgIpc) is 2.88. The zero-order valence-electron chi connectivity index (χ0n) is 12.1. The maximum Gasteiger partial charge on any atom is 0.306 e. The van der Waals surface area contributed by atoms with Gasteiger partial charge in [0.15, 0.2) is 0 Å². The number of hydrogen-bond donors (Lipinski definition) is 2. The number of rotatable bonds is 6. The quantitative estimate of drug-likeness (QED) is 0.843. The number of carboxylic acids is 1. The van der Waals surface area contributed by atoms with Crippen LogP contribution in [0.4, 0.5) is 0 Å². The Bertz CT molecular complexity index is 595. The minimum absolute atomic E-state index is 0.237. The Kier molecular flexibility index (Phi) is 5.00. The van der Waals surface area contributed by atoms with Crippen molar-refractivity contribution in [1.82, 2.24) is 4.72 Å². The van der Waals surface area contributed by atoms with Crippen LogP contribution >= 0.6 is 0 Å². The number of hydrogen-bond acceptors (Lipinski definition) is 3. The highest BCUT2D eigenvalue weighted by molar-refractivity contribution is 7.89. The van der Waals surface area contributed by atoms with Crippen LogP contribution in [0, 0.1) is 5.92 Å². The third kappa shape index (κ3) is 4.04. The summed E-state index contributed by atoms with van der Waals surface area (Å²) < 4.78 is 27.2. The zero-order chi connectivity index (χ0) is 15.5. The molecular formula is C15H21NO4S. The normalized spacial score (nSPS) is 22.3. The van der Waals surface area contributed by atoms with Crippen molar-refractivity contribution >= 4 is 16.0 Å². The summed E-state index contributed by atoms with van der Waals surface area (Å²) in [6.45, 7) is 2.07. The summed E-state index contributed by atoms with van der Waals surface area (Å²) in [5.41, 5.74) is 1.11. The van der Waals surface area contributed by atoms with Crippen molar-refractivity contribution < 1.29 is 18.3 Å². The summed E-state index contributed by atoms with van der Waals surface area (Å²) in [6, 6.07) is 6.58. The highest BCUT2D eigenvalue weighted by Crippen LogP contribution is 2.27. The van der Waals surface area contributed by atoms with Crippen LogP contribution in [0.5, 0.6) is 0 Å². The van der Waals surface area contributed by atoms with E-state index in [1.807, 2.05) is 12.1 Å². The third-order valence-corrected chi connectivity index (χ3v) is 5.41. The van der Waals surface area contributed by atoms with Crippen LogP contribution in [0.3, 0.4) is 0 Å². The van der Waals surface area contributed by atoms with Gasteiger partial charge in [-0.3, -0.25) is 4.79 Å². The van der Waals surface area contributed by atoms with Gasteiger partial charge in [-0.05, 0) is 43.4 Å². The molecule has 0 amide bonds. The van der Waals surface area contributed by atoms with Crippen LogP contribution in [0.2, 0.25) is 0 Å². The topological polar surface area (TPSA) is 83.5 Å². The second kappa shape index (κ2) is 6.58. The molecular weight excluding hydrogens is 290 g/mol. The zero-order valence-corrected chi connectivity index (χ0v) is 12.9. The standard InChI is InChI=1S/C15H21NO4S/c1-2-3-11-4-8-14(9-5-11)21(19,20)16-13-7-6-12(10-13)15(17)18/h4-5,8-9,12-13,16H,2-3,6-7,10H2,1H3,(H,17,18). The molecule has 0 radical (unpaired) electrons. The Morgan fingerprint density at radius 2 is 1.95 bits per heavy atom. The second-order valence-electron chi connectivity index (χ2n) is 5.56. The van der Waals surface area contributed by atoms with Crippen molar-refractivity contribution in [3.05, 3.63) is 29.8 Å². The molecule has 0 heterocycles. The smallest absolute Gasteiger partial charge is 0.306 e. The van der Waals surface area contributed by atoms with Gasteiger partial charge in [-0.25, -0.2) is 13.1 Å². The van der Waals surface area contributed by atoms with Crippen LogP contribution in [-0.4, -0.2) is 25.5 Å². The van der Waals surface area contributed by atoms with Crippen molar-refractivity contribution in [2.24, 2.45) is 5.92 Å². The first-order valence-electron chi connectivity index (χ1n) is 7.26. The largest absolute Gasteiger partial charge is 0.481 e. The van der Waals surface area contributed by atoms with E-state index in [0.29, 0.717) is 19.3 Å². The number of aryl methyl sites for hydroxylation is 1. The van der Waals surface area contributed by atoms with Crippen LogP contribution in [0.25, 0.3) is 0 Å². The Balaban J connectivity index is 2.03. The predicted octanol–water partition coefficient (Wildman–Crippen LogP) is 2.17. The molecule has 0 aliphatic heterocycles. The van der Waals surface area contributed by atoms with Gasteiger partial charge >= 0.3 is 5.97 Å². The van der Waals surface area contributed by atoms with Crippen LogP contribution in [0.1, 0.15) is 38.2 Å². The van der Waals surface area contributed by atoms with Crippen molar-refractivity contribution in [3.8, 4) is 0 Å². The van der Waals surface area contributed by atoms with E-state index >= 15 is 0 Å². The van der Waals surface area contributed by atoms with Crippen LogP contribution in [0.15, 0.2) is 29.2 Å². The number of benzene rings is 1. The lowest BCUT2D eigenvalue weighted by molar-refractivity contribution is -0.141. The summed E-state index contributed by atoms with van der Waals surface area (Å²) in [4.78, 5) is 11.1. The van der Waals surface area contributed by atoms with E-state index in [1.54, 1.807) is 12.1 Å². The Hall–Kier alpha value is -1.40. The van der Waals surface area contributed by atoms with Gasteiger partial charge in [0.05, 0.1) is 10.8 Å². The first kappa shape index (κ1) is 16.0. The molecule has 5 nitrogen and oxygen atoms in total. The summed E-state index contributed by atoms with van der Waals surface area (Å²) in [7, 11) is -3.57. The molecule has 2 rings (SSSR count). The molecule has 1 aliphatic carbocycles.